The van der Waals surface area contributed by atoms with Crippen LogP contribution >= 0.6 is 0 Å². The zero-order valence-corrected chi connectivity index (χ0v) is 7.86. The molecule has 1 fully saturated rings. The van der Waals surface area contributed by atoms with Crippen LogP contribution in [0.3, 0.4) is 0 Å². The van der Waals surface area contributed by atoms with Crippen molar-refractivity contribution in [2.45, 2.75) is 0 Å². The lowest BCUT2D eigenvalue weighted by Gasteiger charge is -2.27. The second kappa shape index (κ2) is 4.19. The van der Waals surface area contributed by atoms with E-state index in [9.17, 15) is 4.79 Å². The van der Waals surface area contributed by atoms with Gasteiger partial charge in [-0.1, -0.05) is 0 Å². The van der Waals surface area contributed by atoms with Gasteiger partial charge in [-0.05, 0) is 12.1 Å². The first-order valence-electron chi connectivity index (χ1n) is 4.70. The van der Waals surface area contributed by atoms with Gasteiger partial charge in [-0.25, -0.2) is 0 Å². The number of amides is 1. The molecule has 1 N–H and O–H groups in total. The zero-order chi connectivity index (χ0) is 9.80. The van der Waals surface area contributed by atoms with Gasteiger partial charge >= 0.3 is 0 Å². The van der Waals surface area contributed by atoms with Gasteiger partial charge in [0.15, 0.2) is 0 Å². The quantitative estimate of drug-likeness (QED) is 0.674. The summed E-state index contributed by atoms with van der Waals surface area (Å²) in [5, 5.41) is 3.20. The summed E-state index contributed by atoms with van der Waals surface area (Å²) in [5.74, 6) is 0.0274. The van der Waals surface area contributed by atoms with Gasteiger partial charge in [-0.2, -0.15) is 0 Å². The Bertz CT molecular complexity index is 306. The number of hydrogen-bond acceptors (Lipinski definition) is 3. The molecule has 0 aromatic carbocycles. The molecule has 1 saturated heterocycles. The lowest BCUT2D eigenvalue weighted by Crippen LogP contribution is -2.46. The third-order valence-electron chi connectivity index (χ3n) is 2.24. The van der Waals surface area contributed by atoms with Crippen molar-refractivity contribution >= 4 is 5.91 Å². The largest absolute Gasteiger partial charge is 0.336 e. The highest BCUT2D eigenvalue weighted by atomic mass is 16.2. The van der Waals surface area contributed by atoms with E-state index in [1.54, 1.807) is 18.3 Å². The summed E-state index contributed by atoms with van der Waals surface area (Å²) < 4.78 is 0. The fourth-order valence-corrected chi connectivity index (χ4v) is 1.48. The van der Waals surface area contributed by atoms with E-state index in [0.717, 1.165) is 26.2 Å². The van der Waals surface area contributed by atoms with E-state index in [0.29, 0.717) is 5.56 Å². The van der Waals surface area contributed by atoms with E-state index in [-0.39, 0.29) is 5.91 Å². The van der Waals surface area contributed by atoms with Crippen LogP contribution in [-0.4, -0.2) is 42.0 Å². The lowest BCUT2D eigenvalue weighted by molar-refractivity contribution is 0.0735. The van der Waals surface area contributed by atoms with E-state index >= 15 is 0 Å². The van der Waals surface area contributed by atoms with Crippen LogP contribution in [0.4, 0.5) is 0 Å². The van der Waals surface area contributed by atoms with Gasteiger partial charge in [0.25, 0.3) is 5.91 Å². The molecule has 0 aliphatic carbocycles. The summed E-state index contributed by atoms with van der Waals surface area (Å²) >= 11 is 0. The van der Waals surface area contributed by atoms with Crippen molar-refractivity contribution in [3.63, 3.8) is 0 Å². The fourth-order valence-electron chi connectivity index (χ4n) is 1.48. The Kier molecular flexibility index (Phi) is 2.74. The summed E-state index contributed by atoms with van der Waals surface area (Å²) in [7, 11) is 0. The van der Waals surface area contributed by atoms with Gasteiger partial charge in [0.05, 0.1) is 5.56 Å². The second-order valence-corrected chi connectivity index (χ2v) is 3.20. The summed E-state index contributed by atoms with van der Waals surface area (Å²) in [4.78, 5) is 17.5. The average molecular weight is 190 g/mol. The van der Waals surface area contributed by atoms with Gasteiger partial charge in [0, 0.05) is 32.4 Å². The maximum atomic E-state index is 11.8. The Hall–Kier alpha value is -1.42. The normalized spacial score (nSPS) is 16.7. The Morgan fingerprint density at radius 1 is 1.50 bits per heavy atom. The standard InChI is InChI=1S/C10H12N3O/c14-10(9-2-1-3-12-8-9)13-6-4-11-5-7-13/h1-3,11H,4-7H2. The summed E-state index contributed by atoms with van der Waals surface area (Å²) in [6, 6.07) is 3.50. The number of rotatable bonds is 1. The topological polar surface area (TPSA) is 45.2 Å². The molecule has 73 valence electrons. The van der Waals surface area contributed by atoms with E-state index in [1.165, 1.54) is 0 Å². The molecular formula is C10H12N3O. The first kappa shape index (κ1) is 9.15. The predicted molar refractivity (Wildman–Crippen MR) is 51.8 cm³/mol. The highest BCUT2D eigenvalue weighted by Crippen LogP contribution is 2.03. The van der Waals surface area contributed by atoms with Crippen molar-refractivity contribution < 1.29 is 4.79 Å². The molecule has 4 nitrogen and oxygen atoms in total. The van der Waals surface area contributed by atoms with Gasteiger partial charge in [0.2, 0.25) is 0 Å². The van der Waals surface area contributed by atoms with Gasteiger partial charge in [-0.3, -0.25) is 9.78 Å². The number of carbonyl (C=O) groups is 1. The highest BCUT2D eigenvalue weighted by molar-refractivity contribution is 5.93. The minimum atomic E-state index is 0.0274. The highest BCUT2D eigenvalue weighted by Gasteiger charge is 2.17. The smallest absolute Gasteiger partial charge is 0.256 e. The number of hydrogen-bond donors (Lipinski definition) is 1. The van der Waals surface area contributed by atoms with Crippen LogP contribution in [0, 0.1) is 6.20 Å². The van der Waals surface area contributed by atoms with Crippen molar-refractivity contribution in [2.24, 2.45) is 0 Å². The van der Waals surface area contributed by atoms with Crippen molar-refractivity contribution in [3.05, 3.63) is 30.1 Å². The van der Waals surface area contributed by atoms with Crippen LogP contribution in [-0.2, 0) is 0 Å². The van der Waals surface area contributed by atoms with Crippen molar-refractivity contribution in [1.82, 2.24) is 15.2 Å². The van der Waals surface area contributed by atoms with Crippen LogP contribution in [0.5, 0.6) is 0 Å². The number of piperazine rings is 1. The molecule has 2 heterocycles. The first-order chi connectivity index (χ1) is 6.88. The minimum Gasteiger partial charge on any atom is -0.336 e. The van der Waals surface area contributed by atoms with E-state index in [2.05, 4.69) is 16.5 Å². The molecule has 1 aliphatic rings. The van der Waals surface area contributed by atoms with Gasteiger partial charge < -0.3 is 10.2 Å². The third-order valence-corrected chi connectivity index (χ3v) is 2.24. The summed E-state index contributed by atoms with van der Waals surface area (Å²) in [6.07, 6.45) is 4.32. The van der Waals surface area contributed by atoms with E-state index in [4.69, 9.17) is 0 Å². The van der Waals surface area contributed by atoms with Crippen LogP contribution in [0.15, 0.2) is 18.3 Å². The van der Waals surface area contributed by atoms with Crippen LogP contribution in [0.1, 0.15) is 10.4 Å². The molecule has 1 aromatic heterocycles. The van der Waals surface area contributed by atoms with Crippen LogP contribution in [0.2, 0.25) is 0 Å². The van der Waals surface area contributed by atoms with Gasteiger partial charge in [0.1, 0.15) is 6.20 Å². The molecule has 14 heavy (non-hydrogen) atoms. The van der Waals surface area contributed by atoms with E-state index < -0.39 is 0 Å². The fraction of sp³-hybridized carbons (Fsp3) is 0.400. The minimum absolute atomic E-state index is 0.0274. The molecule has 1 aromatic rings. The summed E-state index contributed by atoms with van der Waals surface area (Å²) in [6.45, 7) is 3.27. The number of nitrogens with zero attached hydrogens (tertiary/aromatic N) is 2. The molecule has 0 spiro atoms. The zero-order valence-electron chi connectivity index (χ0n) is 7.86. The first-order valence-corrected chi connectivity index (χ1v) is 4.70. The molecule has 1 amide bonds. The second-order valence-electron chi connectivity index (χ2n) is 3.20. The Balaban J connectivity index is 2.07. The lowest BCUT2D eigenvalue weighted by atomic mass is 10.2. The Morgan fingerprint density at radius 2 is 2.29 bits per heavy atom. The molecule has 1 radical (unpaired) electrons. The molecular weight excluding hydrogens is 178 g/mol. The molecule has 2 rings (SSSR count). The molecule has 0 saturated carbocycles. The number of carbonyl (C=O) groups excluding carboxylic acids is 1. The van der Waals surface area contributed by atoms with Crippen LogP contribution in [0.25, 0.3) is 0 Å². The van der Waals surface area contributed by atoms with Crippen molar-refractivity contribution in [1.29, 1.82) is 0 Å². The average Bonchev–Trinajstić information content (AvgIpc) is 2.30. The number of aromatic nitrogens is 1. The molecule has 1 aliphatic heterocycles. The summed E-state index contributed by atoms with van der Waals surface area (Å²) in [5.41, 5.74) is 0.550. The Morgan fingerprint density at radius 3 is 2.93 bits per heavy atom. The SMILES string of the molecule is O=C(c1[c]nccc1)N1CCNCC1. The van der Waals surface area contributed by atoms with Crippen LogP contribution < -0.4 is 5.32 Å². The monoisotopic (exact) mass is 190 g/mol. The van der Waals surface area contributed by atoms with E-state index in [1.807, 2.05) is 4.90 Å². The number of pyridine rings is 1. The van der Waals surface area contributed by atoms with Crippen molar-refractivity contribution in [3.8, 4) is 0 Å². The Labute approximate surface area is 82.9 Å². The predicted octanol–water partition coefficient (Wildman–Crippen LogP) is -0.0728. The molecule has 0 unspecified atom stereocenters. The molecule has 0 bridgehead atoms. The maximum absolute atomic E-state index is 11.8. The molecule has 0 atom stereocenters. The van der Waals surface area contributed by atoms with Gasteiger partial charge in [-0.15, -0.1) is 0 Å². The number of nitrogens with one attached hydrogen (secondary N) is 1. The maximum Gasteiger partial charge on any atom is 0.256 e. The molecule has 4 heteroatoms. The third kappa shape index (κ3) is 1.90. The van der Waals surface area contributed by atoms with Crippen molar-refractivity contribution in [2.75, 3.05) is 26.2 Å².